The number of carbonyl (C=O) groups is 1. The highest BCUT2D eigenvalue weighted by molar-refractivity contribution is 7.22. The second-order valence-electron chi connectivity index (χ2n) is 8.86. The summed E-state index contributed by atoms with van der Waals surface area (Å²) in [5, 5.41) is 3.64. The molecule has 1 atom stereocenters. The molecule has 1 fully saturated rings. The van der Waals surface area contributed by atoms with Crippen molar-refractivity contribution in [3.63, 3.8) is 0 Å². The van der Waals surface area contributed by atoms with Crippen molar-refractivity contribution in [1.82, 2.24) is 25.2 Å². The molecule has 2 aliphatic rings. The Balaban J connectivity index is 1.29. The van der Waals surface area contributed by atoms with Gasteiger partial charge in [0.15, 0.2) is 11.6 Å². The molecule has 2 aliphatic heterocycles. The van der Waals surface area contributed by atoms with Crippen LogP contribution in [0.3, 0.4) is 0 Å². The fourth-order valence-electron chi connectivity index (χ4n) is 4.65. The monoisotopic (exact) mass is 509 g/mol. The first-order valence-electron chi connectivity index (χ1n) is 11.7. The van der Waals surface area contributed by atoms with Crippen LogP contribution in [0.25, 0.3) is 31.8 Å². The van der Waals surface area contributed by atoms with E-state index in [0.717, 1.165) is 26.4 Å². The first kappa shape index (κ1) is 22.9. The molecule has 4 heterocycles. The van der Waals surface area contributed by atoms with Gasteiger partial charge in [-0.05, 0) is 24.6 Å². The quantitative estimate of drug-likeness (QED) is 0.448. The van der Waals surface area contributed by atoms with Crippen molar-refractivity contribution in [2.45, 2.75) is 19.4 Å². The molecule has 0 radical (unpaired) electrons. The molecule has 186 valence electrons. The second kappa shape index (κ2) is 9.14. The number of hydrogen-bond acceptors (Lipinski definition) is 8. The SMILES string of the molecule is COc1cnc2c(-c3nc4cc(F)c5c(c4s3)CC(CNC(=O)N3CCOCC3)O5)cc(C)cc2n1. The van der Waals surface area contributed by atoms with E-state index in [-0.39, 0.29) is 24.4 Å². The summed E-state index contributed by atoms with van der Waals surface area (Å²) in [4.78, 5) is 28.0. The number of halogens is 1. The number of aromatic nitrogens is 3. The Bertz CT molecular complexity index is 1490. The standard InChI is InChI=1S/C25H24FN5O4S/c1-13-7-15(21-18(8-13)29-20(33-2)12-27-21)24-30-19-10-17(26)22-16(23(19)36-24)9-14(35-22)11-28-25(32)31-3-5-34-6-4-31/h7-8,10,12,14H,3-6,9,11H2,1-2H3,(H,28,32). The summed E-state index contributed by atoms with van der Waals surface area (Å²) in [6.45, 7) is 4.45. The van der Waals surface area contributed by atoms with E-state index in [1.807, 2.05) is 19.1 Å². The molecule has 0 aliphatic carbocycles. The minimum absolute atomic E-state index is 0.160. The number of amides is 2. The molecule has 1 unspecified atom stereocenters. The number of thiazole rings is 1. The van der Waals surface area contributed by atoms with Crippen LogP contribution < -0.4 is 14.8 Å². The molecule has 1 N–H and O–H groups in total. The third-order valence-electron chi connectivity index (χ3n) is 6.39. The summed E-state index contributed by atoms with van der Waals surface area (Å²) in [6.07, 6.45) is 1.71. The summed E-state index contributed by atoms with van der Waals surface area (Å²) in [6, 6.07) is 5.21. The smallest absolute Gasteiger partial charge is 0.317 e. The Morgan fingerprint density at radius 1 is 1.25 bits per heavy atom. The number of urea groups is 1. The normalized spacial score (nSPS) is 17.3. The zero-order chi connectivity index (χ0) is 24.8. The molecular weight excluding hydrogens is 485 g/mol. The van der Waals surface area contributed by atoms with Gasteiger partial charge in [-0.1, -0.05) is 0 Å². The molecule has 2 amide bonds. The minimum atomic E-state index is -0.449. The second-order valence-corrected chi connectivity index (χ2v) is 9.85. The van der Waals surface area contributed by atoms with Crippen molar-refractivity contribution >= 4 is 38.6 Å². The molecule has 6 rings (SSSR count). The van der Waals surface area contributed by atoms with Crippen LogP contribution in [0, 0.1) is 12.7 Å². The Hall–Kier alpha value is -3.57. The molecule has 36 heavy (non-hydrogen) atoms. The molecule has 0 saturated carbocycles. The van der Waals surface area contributed by atoms with Gasteiger partial charge < -0.3 is 24.4 Å². The lowest BCUT2D eigenvalue weighted by Gasteiger charge is -2.27. The highest BCUT2D eigenvalue weighted by atomic mass is 32.1. The van der Waals surface area contributed by atoms with Crippen LogP contribution in [0.2, 0.25) is 0 Å². The van der Waals surface area contributed by atoms with Gasteiger partial charge in [0, 0.05) is 36.7 Å². The van der Waals surface area contributed by atoms with Crippen LogP contribution in [-0.2, 0) is 11.2 Å². The fourth-order valence-corrected chi connectivity index (χ4v) is 5.76. The van der Waals surface area contributed by atoms with Gasteiger partial charge in [-0.25, -0.2) is 24.1 Å². The van der Waals surface area contributed by atoms with Gasteiger partial charge >= 0.3 is 6.03 Å². The number of aryl methyl sites for hydroxylation is 1. The van der Waals surface area contributed by atoms with Crippen molar-refractivity contribution in [2.75, 3.05) is 40.0 Å². The Labute approximate surface area is 210 Å². The summed E-state index contributed by atoms with van der Waals surface area (Å²) >= 11 is 1.48. The highest BCUT2D eigenvalue weighted by Crippen LogP contribution is 2.43. The highest BCUT2D eigenvalue weighted by Gasteiger charge is 2.31. The lowest BCUT2D eigenvalue weighted by Crippen LogP contribution is -2.48. The number of ether oxygens (including phenoxy) is 3. The van der Waals surface area contributed by atoms with E-state index in [9.17, 15) is 9.18 Å². The molecule has 0 spiro atoms. The van der Waals surface area contributed by atoms with Gasteiger partial charge in [-0.3, -0.25) is 0 Å². The van der Waals surface area contributed by atoms with Gasteiger partial charge in [-0.15, -0.1) is 11.3 Å². The van der Waals surface area contributed by atoms with Crippen LogP contribution in [0.15, 0.2) is 24.4 Å². The summed E-state index contributed by atoms with van der Waals surface area (Å²) in [5.74, 6) is 0.226. The Kier molecular flexibility index (Phi) is 5.81. The largest absolute Gasteiger partial charge is 0.485 e. The van der Waals surface area contributed by atoms with Crippen molar-refractivity contribution in [3.8, 4) is 22.2 Å². The number of benzene rings is 2. The number of carbonyl (C=O) groups excluding carboxylic acids is 1. The average Bonchev–Trinajstić information content (AvgIpc) is 3.51. The van der Waals surface area contributed by atoms with Crippen LogP contribution >= 0.6 is 11.3 Å². The Morgan fingerprint density at radius 3 is 2.89 bits per heavy atom. The summed E-state index contributed by atoms with van der Waals surface area (Å²) in [7, 11) is 1.55. The number of morpholine rings is 1. The van der Waals surface area contributed by atoms with E-state index in [1.165, 1.54) is 17.4 Å². The lowest BCUT2D eigenvalue weighted by atomic mass is 10.1. The van der Waals surface area contributed by atoms with Crippen molar-refractivity contribution in [1.29, 1.82) is 0 Å². The average molecular weight is 510 g/mol. The zero-order valence-electron chi connectivity index (χ0n) is 19.8. The van der Waals surface area contributed by atoms with Gasteiger partial charge in [0.2, 0.25) is 5.88 Å². The molecule has 2 aromatic carbocycles. The van der Waals surface area contributed by atoms with E-state index in [1.54, 1.807) is 18.2 Å². The molecule has 9 nitrogen and oxygen atoms in total. The van der Waals surface area contributed by atoms with Crippen LogP contribution in [-0.4, -0.2) is 71.9 Å². The number of nitrogens with one attached hydrogen (secondary N) is 1. The first-order chi connectivity index (χ1) is 17.5. The molecule has 11 heteroatoms. The topological polar surface area (TPSA) is 98.7 Å². The van der Waals surface area contributed by atoms with E-state index in [2.05, 4.69) is 15.3 Å². The fraction of sp³-hybridized carbons (Fsp3) is 0.360. The van der Waals surface area contributed by atoms with E-state index < -0.39 is 5.82 Å². The first-order valence-corrected chi connectivity index (χ1v) is 12.5. The third-order valence-corrected chi connectivity index (χ3v) is 7.55. The maximum absolute atomic E-state index is 15.0. The Morgan fingerprint density at radius 2 is 2.08 bits per heavy atom. The molecular formula is C25H24FN5O4S. The van der Waals surface area contributed by atoms with E-state index in [4.69, 9.17) is 19.2 Å². The van der Waals surface area contributed by atoms with Gasteiger partial charge in [0.1, 0.15) is 11.1 Å². The predicted molar refractivity (Wildman–Crippen MR) is 133 cm³/mol. The predicted octanol–water partition coefficient (Wildman–Crippen LogP) is 3.71. The molecule has 1 saturated heterocycles. The van der Waals surface area contributed by atoms with Gasteiger partial charge in [-0.2, -0.15) is 0 Å². The zero-order valence-corrected chi connectivity index (χ0v) is 20.7. The van der Waals surface area contributed by atoms with Gasteiger partial charge in [0.25, 0.3) is 0 Å². The van der Waals surface area contributed by atoms with Crippen LogP contribution in [0.5, 0.6) is 11.6 Å². The molecule has 4 aromatic rings. The van der Waals surface area contributed by atoms with E-state index >= 15 is 0 Å². The maximum atomic E-state index is 15.0. The number of nitrogens with zero attached hydrogens (tertiary/aromatic N) is 4. The summed E-state index contributed by atoms with van der Waals surface area (Å²) < 4.78 is 32.3. The van der Waals surface area contributed by atoms with Gasteiger partial charge in [0.05, 0.1) is 54.3 Å². The molecule has 0 bridgehead atoms. The molecule has 2 aromatic heterocycles. The lowest BCUT2D eigenvalue weighted by molar-refractivity contribution is 0.0526. The van der Waals surface area contributed by atoms with Crippen molar-refractivity contribution < 1.29 is 23.4 Å². The third kappa shape index (κ3) is 4.07. The minimum Gasteiger partial charge on any atom is -0.485 e. The van der Waals surface area contributed by atoms with Crippen LogP contribution in [0.4, 0.5) is 9.18 Å². The summed E-state index contributed by atoms with van der Waals surface area (Å²) in [5.41, 5.74) is 4.61. The van der Waals surface area contributed by atoms with Crippen LogP contribution in [0.1, 0.15) is 11.1 Å². The number of fused-ring (bicyclic) bond motifs is 4. The number of methoxy groups -OCH3 is 1. The van der Waals surface area contributed by atoms with Crippen molar-refractivity contribution in [3.05, 3.63) is 41.3 Å². The van der Waals surface area contributed by atoms with Crippen molar-refractivity contribution in [2.24, 2.45) is 0 Å². The number of hydrogen-bond donors (Lipinski definition) is 1. The maximum Gasteiger partial charge on any atom is 0.317 e. The number of rotatable bonds is 4. The van der Waals surface area contributed by atoms with E-state index in [0.29, 0.717) is 55.2 Å².